The second-order valence-corrected chi connectivity index (χ2v) is 10.8. The van der Waals surface area contributed by atoms with Gasteiger partial charge in [-0.3, -0.25) is 9.69 Å². The molecular weight excluding hydrogens is 594 g/mol. The van der Waals surface area contributed by atoms with Crippen molar-refractivity contribution in [1.82, 2.24) is 4.90 Å². The maximum Gasteiger partial charge on any atom is 0.266 e. The molecule has 3 nitrogen and oxygen atoms in total. The number of thioether (sulfide) groups is 1. The van der Waals surface area contributed by atoms with Crippen molar-refractivity contribution in [2.75, 3.05) is 0 Å². The number of rotatable bonds is 6. The van der Waals surface area contributed by atoms with Crippen LogP contribution < -0.4 is 4.74 Å². The van der Waals surface area contributed by atoms with Crippen LogP contribution in [0, 0.1) is 0 Å². The number of halogens is 3. The minimum absolute atomic E-state index is 0.0841. The molecule has 0 aromatic heterocycles. The Balaban J connectivity index is 1.49. The monoisotopic (exact) mass is 607 g/mol. The van der Waals surface area contributed by atoms with E-state index in [0.717, 1.165) is 25.6 Å². The first-order valence-corrected chi connectivity index (χ1v) is 12.7. The molecular formula is C24H16Br2ClNO2S2. The predicted molar refractivity (Wildman–Crippen MR) is 143 cm³/mol. The molecule has 1 saturated heterocycles. The Kier molecular flexibility index (Phi) is 7.74. The molecule has 0 aliphatic carbocycles. The molecule has 0 atom stereocenters. The van der Waals surface area contributed by atoms with Crippen LogP contribution in [0.15, 0.2) is 80.6 Å². The fourth-order valence-electron chi connectivity index (χ4n) is 3.09. The molecule has 162 valence electrons. The van der Waals surface area contributed by atoms with Gasteiger partial charge >= 0.3 is 0 Å². The number of ether oxygens (including phenoxy) is 1. The first kappa shape index (κ1) is 23.5. The summed E-state index contributed by atoms with van der Waals surface area (Å²) in [5, 5.41) is 0.689. The Morgan fingerprint density at radius 1 is 1.00 bits per heavy atom. The van der Waals surface area contributed by atoms with E-state index in [1.165, 1.54) is 11.8 Å². The number of hydrogen-bond donors (Lipinski definition) is 0. The number of benzene rings is 3. The van der Waals surface area contributed by atoms with Gasteiger partial charge in [0, 0.05) is 5.02 Å². The lowest BCUT2D eigenvalue weighted by atomic mass is 10.2. The summed E-state index contributed by atoms with van der Waals surface area (Å²) in [6.45, 7) is 0.875. The van der Waals surface area contributed by atoms with E-state index in [9.17, 15) is 4.79 Å². The number of hydrogen-bond acceptors (Lipinski definition) is 4. The van der Waals surface area contributed by atoms with E-state index in [-0.39, 0.29) is 5.91 Å². The summed E-state index contributed by atoms with van der Waals surface area (Å²) >= 11 is 19.9. The van der Waals surface area contributed by atoms with Crippen molar-refractivity contribution in [3.05, 3.63) is 102 Å². The van der Waals surface area contributed by atoms with E-state index in [2.05, 4.69) is 31.9 Å². The van der Waals surface area contributed by atoms with Gasteiger partial charge in [0.15, 0.2) is 0 Å². The van der Waals surface area contributed by atoms with Gasteiger partial charge in [-0.2, -0.15) is 0 Å². The van der Waals surface area contributed by atoms with Gasteiger partial charge in [0.05, 0.1) is 20.4 Å². The topological polar surface area (TPSA) is 29.5 Å². The molecule has 1 amide bonds. The van der Waals surface area contributed by atoms with Crippen LogP contribution in [0.2, 0.25) is 5.02 Å². The smallest absolute Gasteiger partial charge is 0.266 e. The van der Waals surface area contributed by atoms with E-state index in [4.69, 9.17) is 28.6 Å². The van der Waals surface area contributed by atoms with Gasteiger partial charge in [0.1, 0.15) is 16.7 Å². The molecule has 1 aliphatic rings. The second kappa shape index (κ2) is 10.5. The summed E-state index contributed by atoms with van der Waals surface area (Å²) in [6, 6.07) is 21.2. The van der Waals surface area contributed by atoms with Crippen LogP contribution in [0.3, 0.4) is 0 Å². The van der Waals surface area contributed by atoms with Gasteiger partial charge in [-0.1, -0.05) is 78.0 Å². The Labute approximate surface area is 218 Å². The van der Waals surface area contributed by atoms with Gasteiger partial charge in [0.2, 0.25) is 0 Å². The first-order chi connectivity index (χ1) is 15.4. The molecule has 0 N–H and O–H groups in total. The first-order valence-electron chi connectivity index (χ1n) is 9.56. The van der Waals surface area contributed by atoms with Crippen LogP contribution in [0.4, 0.5) is 0 Å². The normalized spacial score (nSPS) is 15.0. The summed E-state index contributed by atoms with van der Waals surface area (Å²) in [5.41, 5.74) is 2.92. The quantitative estimate of drug-likeness (QED) is 0.210. The SMILES string of the molecule is O=C1/C(=C/c2cc(Br)c(OCc3ccc(Cl)cc3)c(Br)c2)SC(=S)N1Cc1ccccc1. The van der Waals surface area contributed by atoms with Crippen LogP contribution in [0.25, 0.3) is 6.08 Å². The highest BCUT2D eigenvalue weighted by Gasteiger charge is 2.32. The van der Waals surface area contributed by atoms with Gasteiger partial charge in [-0.25, -0.2) is 0 Å². The van der Waals surface area contributed by atoms with Gasteiger partial charge in [0.25, 0.3) is 5.91 Å². The molecule has 0 radical (unpaired) electrons. The largest absolute Gasteiger partial charge is 0.487 e. The fraction of sp³-hybridized carbons (Fsp3) is 0.0833. The van der Waals surface area contributed by atoms with E-state index in [1.54, 1.807) is 4.90 Å². The fourth-order valence-corrected chi connectivity index (χ4v) is 5.92. The molecule has 3 aromatic rings. The lowest BCUT2D eigenvalue weighted by Gasteiger charge is -2.14. The standard InChI is InChI=1S/C24H16Br2ClNO2S2/c25-19-10-17(11-20(26)22(19)30-14-16-6-8-18(27)9-7-16)12-21-23(29)28(24(31)32-21)13-15-4-2-1-3-5-15/h1-12H,13-14H2/b21-12-. The van der Waals surface area contributed by atoms with Crippen LogP contribution in [-0.2, 0) is 17.9 Å². The number of carbonyl (C=O) groups excluding carboxylic acids is 1. The molecule has 1 heterocycles. The Morgan fingerprint density at radius 3 is 2.31 bits per heavy atom. The van der Waals surface area contributed by atoms with Crippen molar-refractivity contribution in [3.8, 4) is 5.75 Å². The highest BCUT2D eigenvalue weighted by molar-refractivity contribution is 9.11. The molecule has 1 fully saturated rings. The maximum atomic E-state index is 12.9. The lowest BCUT2D eigenvalue weighted by Crippen LogP contribution is -2.27. The van der Waals surface area contributed by atoms with Crippen molar-refractivity contribution in [3.63, 3.8) is 0 Å². The average Bonchev–Trinajstić information content (AvgIpc) is 3.02. The Morgan fingerprint density at radius 2 is 1.66 bits per heavy atom. The molecule has 3 aromatic carbocycles. The second-order valence-electron chi connectivity index (χ2n) is 6.98. The van der Waals surface area contributed by atoms with Crippen LogP contribution in [0.5, 0.6) is 5.75 Å². The summed E-state index contributed by atoms with van der Waals surface area (Å²) in [4.78, 5) is 15.2. The molecule has 1 aliphatic heterocycles. The highest BCUT2D eigenvalue weighted by atomic mass is 79.9. The third-order valence-corrected chi connectivity index (χ3v) is 7.48. The number of nitrogens with zero attached hydrogens (tertiary/aromatic N) is 1. The van der Waals surface area contributed by atoms with Crippen molar-refractivity contribution in [2.45, 2.75) is 13.2 Å². The van der Waals surface area contributed by atoms with Gasteiger partial charge in [-0.05, 0) is 78.9 Å². The Hall–Kier alpha value is -1.64. The van der Waals surface area contributed by atoms with E-state index in [0.29, 0.717) is 33.1 Å². The molecule has 0 bridgehead atoms. The summed E-state index contributed by atoms with van der Waals surface area (Å²) in [5.74, 6) is 0.605. The minimum Gasteiger partial charge on any atom is -0.487 e. The average molecular weight is 610 g/mol. The van der Waals surface area contributed by atoms with E-state index < -0.39 is 0 Å². The molecule has 32 heavy (non-hydrogen) atoms. The predicted octanol–water partition coefficient (Wildman–Crippen LogP) is 7.85. The Bertz CT molecular complexity index is 1180. The molecule has 0 spiro atoms. The van der Waals surface area contributed by atoms with Crippen LogP contribution >= 0.6 is 67.4 Å². The summed E-state index contributed by atoms with van der Waals surface area (Å²) < 4.78 is 8.11. The lowest BCUT2D eigenvalue weighted by molar-refractivity contribution is -0.122. The summed E-state index contributed by atoms with van der Waals surface area (Å²) in [6.07, 6.45) is 1.85. The highest BCUT2D eigenvalue weighted by Crippen LogP contribution is 2.38. The van der Waals surface area contributed by atoms with E-state index >= 15 is 0 Å². The third-order valence-electron chi connectivity index (χ3n) is 4.67. The molecule has 0 saturated carbocycles. The van der Waals surface area contributed by atoms with Crippen molar-refractivity contribution < 1.29 is 9.53 Å². The van der Waals surface area contributed by atoms with Gasteiger partial charge < -0.3 is 4.74 Å². The summed E-state index contributed by atoms with van der Waals surface area (Å²) in [7, 11) is 0. The molecule has 4 rings (SSSR count). The molecule has 0 unspecified atom stereocenters. The van der Waals surface area contributed by atoms with Crippen molar-refractivity contribution in [2.24, 2.45) is 0 Å². The van der Waals surface area contributed by atoms with Crippen LogP contribution in [0.1, 0.15) is 16.7 Å². The van der Waals surface area contributed by atoms with E-state index in [1.807, 2.05) is 72.8 Å². The van der Waals surface area contributed by atoms with Crippen molar-refractivity contribution in [1.29, 1.82) is 0 Å². The number of thiocarbonyl (C=S) groups is 1. The van der Waals surface area contributed by atoms with Crippen LogP contribution in [-0.4, -0.2) is 15.1 Å². The minimum atomic E-state index is -0.0841. The maximum absolute atomic E-state index is 12.9. The van der Waals surface area contributed by atoms with Crippen molar-refractivity contribution >= 4 is 83.7 Å². The third kappa shape index (κ3) is 5.64. The zero-order valence-electron chi connectivity index (χ0n) is 16.6. The number of amides is 1. The zero-order chi connectivity index (χ0) is 22.7. The number of carbonyl (C=O) groups is 1. The zero-order valence-corrected chi connectivity index (χ0v) is 22.1. The van der Waals surface area contributed by atoms with Gasteiger partial charge in [-0.15, -0.1) is 0 Å². The molecule has 8 heteroatoms.